The van der Waals surface area contributed by atoms with E-state index in [9.17, 15) is 4.79 Å². The molecule has 2 rings (SSSR count). The van der Waals surface area contributed by atoms with E-state index in [0.717, 1.165) is 17.3 Å². The van der Waals surface area contributed by atoms with Gasteiger partial charge in [-0.3, -0.25) is 9.78 Å². The smallest absolute Gasteiger partial charge is 0.252 e. The molecule has 0 aliphatic heterocycles. The van der Waals surface area contributed by atoms with Crippen LogP contribution in [0.25, 0.3) is 10.9 Å². The number of pyridine rings is 1. The molecule has 1 atom stereocenters. The van der Waals surface area contributed by atoms with Crippen molar-refractivity contribution in [3.05, 3.63) is 42.1 Å². The van der Waals surface area contributed by atoms with Crippen molar-refractivity contribution in [2.75, 3.05) is 6.54 Å². The van der Waals surface area contributed by atoms with Crippen molar-refractivity contribution in [3.8, 4) is 0 Å². The molecule has 18 heavy (non-hydrogen) atoms. The van der Waals surface area contributed by atoms with Gasteiger partial charge in [-0.1, -0.05) is 25.1 Å². The van der Waals surface area contributed by atoms with E-state index in [-0.39, 0.29) is 11.9 Å². The average Bonchev–Trinajstić information content (AvgIpc) is 2.43. The second-order valence-corrected chi connectivity index (χ2v) is 4.25. The van der Waals surface area contributed by atoms with Crippen molar-refractivity contribution in [2.45, 2.75) is 19.4 Å². The molecule has 4 heteroatoms. The van der Waals surface area contributed by atoms with Crippen molar-refractivity contribution >= 4 is 16.8 Å². The number of hydrogen-bond donors (Lipinski definition) is 2. The molecule has 1 unspecified atom stereocenters. The molecule has 0 aliphatic rings. The summed E-state index contributed by atoms with van der Waals surface area (Å²) in [7, 11) is 0. The Morgan fingerprint density at radius 1 is 1.39 bits per heavy atom. The molecule has 0 fully saturated rings. The van der Waals surface area contributed by atoms with E-state index in [4.69, 9.17) is 5.73 Å². The minimum absolute atomic E-state index is 0.00190. The molecule has 2 aromatic rings. The van der Waals surface area contributed by atoms with Gasteiger partial charge in [-0.05, 0) is 18.6 Å². The van der Waals surface area contributed by atoms with Gasteiger partial charge in [0.1, 0.15) is 0 Å². The molecule has 0 aliphatic carbocycles. The van der Waals surface area contributed by atoms with E-state index in [1.807, 2.05) is 31.2 Å². The molecule has 0 bridgehead atoms. The van der Waals surface area contributed by atoms with E-state index in [1.165, 1.54) is 0 Å². The zero-order chi connectivity index (χ0) is 13.0. The maximum atomic E-state index is 12.1. The fraction of sp³-hybridized carbons (Fsp3) is 0.286. The van der Waals surface area contributed by atoms with Crippen LogP contribution < -0.4 is 11.1 Å². The number of nitrogens with one attached hydrogen (secondary N) is 1. The summed E-state index contributed by atoms with van der Waals surface area (Å²) in [5.41, 5.74) is 7.25. The van der Waals surface area contributed by atoms with Crippen LogP contribution in [0.3, 0.4) is 0 Å². The van der Waals surface area contributed by atoms with Crippen molar-refractivity contribution in [1.29, 1.82) is 0 Å². The molecule has 1 heterocycles. The predicted molar refractivity (Wildman–Crippen MR) is 72.3 cm³/mol. The standard InChI is InChI=1S/C14H17N3O/c1-2-10(15)9-17-14(18)12-7-8-16-13-6-4-3-5-11(12)13/h3-8,10H,2,9,15H2,1H3,(H,17,18). The summed E-state index contributed by atoms with van der Waals surface area (Å²) in [5.74, 6) is -0.0995. The molecule has 1 aromatic carbocycles. The SMILES string of the molecule is CCC(N)CNC(=O)c1ccnc2ccccc12. The van der Waals surface area contributed by atoms with Gasteiger partial charge in [0.05, 0.1) is 11.1 Å². The van der Waals surface area contributed by atoms with Crippen molar-refractivity contribution in [1.82, 2.24) is 10.3 Å². The Morgan fingerprint density at radius 2 is 2.17 bits per heavy atom. The van der Waals surface area contributed by atoms with Gasteiger partial charge in [0.15, 0.2) is 0 Å². The Morgan fingerprint density at radius 3 is 2.94 bits per heavy atom. The molecule has 1 amide bonds. The molecule has 0 saturated heterocycles. The molecular weight excluding hydrogens is 226 g/mol. The van der Waals surface area contributed by atoms with E-state index in [2.05, 4.69) is 10.3 Å². The number of nitrogens with two attached hydrogens (primary N) is 1. The van der Waals surface area contributed by atoms with Crippen LogP contribution in [-0.4, -0.2) is 23.5 Å². The van der Waals surface area contributed by atoms with E-state index in [0.29, 0.717) is 12.1 Å². The van der Waals surface area contributed by atoms with Crippen molar-refractivity contribution in [2.24, 2.45) is 5.73 Å². The monoisotopic (exact) mass is 243 g/mol. The number of aromatic nitrogens is 1. The van der Waals surface area contributed by atoms with Crippen LogP contribution in [0.5, 0.6) is 0 Å². The van der Waals surface area contributed by atoms with Gasteiger partial charge in [0.25, 0.3) is 5.91 Å². The average molecular weight is 243 g/mol. The number of hydrogen-bond acceptors (Lipinski definition) is 3. The quantitative estimate of drug-likeness (QED) is 0.858. The summed E-state index contributed by atoms with van der Waals surface area (Å²) in [6, 6.07) is 9.33. The zero-order valence-corrected chi connectivity index (χ0v) is 10.4. The Bertz CT molecular complexity index is 548. The van der Waals surface area contributed by atoms with Gasteiger partial charge in [-0.15, -0.1) is 0 Å². The lowest BCUT2D eigenvalue weighted by Crippen LogP contribution is -2.36. The van der Waals surface area contributed by atoms with Crippen LogP contribution in [0.2, 0.25) is 0 Å². The number of para-hydroxylation sites is 1. The van der Waals surface area contributed by atoms with Crippen molar-refractivity contribution < 1.29 is 4.79 Å². The summed E-state index contributed by atoms with van der Waals surface area (Å²) < 4.78 is 0. The largest absolute Gasteiger partial charge is 0.350 e. The Hall–Kier alpha value is -1.94. The number of carbonyl (C=O) groups excluding carboxylic acids is 1. The van der Waals surface area contributed by atoms with Gasteiger partial charge in [-0.2, -0.15) is 0 Å². The third kappa shape index (κ3) is 2.65. The number of fused-ring (bicyclic) bond motifs is 1. The first-order valence-electron chi connectivity index (χ1n) is 6.10. The highest BCUT2D eigenvalue weighted by molar-refractivity contribution is 6.05. The lowest BCUT2D eigenvalue weighted by Gasteiger charge is -2.11. The molecule has 4 nitrogen and oxygen atoms in total. The second-order valence-electron chi connectivity index (χ2n) is 4.25. The molecule has 3 N–H and O–H groups in total. The maximum Gasteiger partial charge on any atom is 0.252 e. The van der Waals surface area contributed by atoms with Crippen molar-refractivity contribution in [3.63, 3.8) is 0 Å². The first kappa shape index (κ1) is 12.5. The number of amides is 1. The highest BCUT2D eigenvalue weighted by atomic mass is 16.1. The molecule has 0 saturated carbocycles. The van der Waals surface area contributed by atoms with Crippen LogP contribution in [0.1, 0.15) is 23.7 Å². The van der Waals surface area contributed by atoms with Crippen LogP contribution in [0, 0.1) is 0 Å². The van der Waals surface area contributed by atoms with Crippen LogP contribution in [-0.2, 0) is 0 Å². The summed E-state index contributed by atoms with van der Waals surface area (Å²) in [6.45, 7) is 2.49. The fourth-order valence-corrected chi connectivity index (χ4v) is 1.76. The third-order valence-electron chi connectivity index (χ3n) is 2.94. The Labute approximate surface area is 106 Å². The first-order valence-corrected chi connectivity index (χ1v) is 6.10. The Kier molecular flexibility index (Phi) is 3.89. The predicted octanol–water partition coefficient (Wildman–Crippen LogP) is 1.70. The highest BCUT2D eigenvalue weighted by Crippen LogP contribution is 2.15. The molecular formula is C14H17N3O. The lowest BCUT2D eigenvalue weighted by molar-refractivity contribution is 0.0952. The molecule has 1 aromatic heterocycles. The summed E-state index contributed by atoms with van der Waals surface area (Å²) in [6.07, 6.45) is 2.49. The van der Waals surface area contributed by atoms with E-state index < -0.39 is 0 Å². The van der Waals surface area contributed by atoms with Crippen LogP contribution in [0.4, 0.5) is 0 Å². The van der Waals surface area contributed by atoms with Crippen LogP contribution >= 0.6 is 0 Å². The molecule has 0 radical (unpaired) electrons. The molecule has 0 spiro atoms. The van der Waals surface area contributed by atoms with E-state index in [1.54, 1.807) is 12.3 Å². The zero-order valence-electron chi connectivity index (χ0n) is 10.4. The van der Waals surface area contributed by atoms with Gasteiger partial charge in [-0.25, -0.2) is 0 Å². The fourth-order valence-electron chi connectivity index (χ4n) is 1.76. The van der Waals surface area contributed by atoms with Gasteiger partial charge >= 0.3 is 0 Å². The van der Waals surface area contributed by atoms with Crippen LogP contribution in [0.15, 0.2) is 36.5 Å². The lowest BCUT2D eigenvalue weighted by atomic mass is 10.1. The number of carbonyl (C=O) groups is 1. The van der Waals surface area contributed by atoms with Gasteiger partial charge in [0, 0.05) is 24.2 Å². The van der Waals surface area contributed by atoms with E-state index >= 15 is 0 Å². The van der Waals surface area contributed by atoms with Gasteiger partial charge < -0.3 is 11.1 Å². The summed E-state index contributed by atoms with van der Waals surface area (Å²) in [4.78, 5) is 16.3. The first-order chi connectivity index (χ1) is 8.72. The minimum Gasteiger partial charge on any atom is -0.350 e. The van der Waals surface area contributed by atoms with Gasteiger partial charge in [0.2, 0.25) is 0 Å². The topological polar surface area (TPSA) is 68.0 Å². The number of nitrogens with zero attached hydrogens (tertiary/aromatic N) is 1. The minimum atomic E-state index is -0.0995. The third-order valence-corrected chi connectivity index (χ3v) is 2.94. The molecule has 94 valence electrons. The maximum absolute atomic E-state index is 12.1. The normalized spacial score (nSPS) is 12.3. The Balaban J connectivity index is 2.22. The second kappa shape index (κ2) is 5.60. The number of benzene rings is 1. The number of rotatable bonds is 4. The summed E-state index contributed by atoms with van der Waals surface area (Å²) in [5, 5.41) is 3.71. The highest BCUT2D eigenvalue weighted by Gasteiger charge is 2.10. The summed E-state index contributed by atoms with van der Waals surface area (Å²) >= 11 is 0.